The van der Waals surface area contributed by atoms with Crippen LogP contribution in [0.3, 0.4) is 0 Å². The Morgan fingerprint density at radius 1 is 1.28 bits per heavy atom. The van der Waals surface area contributed by atoms with Gasteiger partial charge in [0.25, 0.3) is 0 Å². The molecule has 1 unspecified atom stereocenters. The van der Waals surface area contributed by atoms with Crippen LogP contribution in [-0.4, -0.2) is 6.54 Å². The zero-order chi connectivity index (χ0) is 12.8. The maximum atomic E-state index is 12.8. The highest BCUT2D eigenvalue weighted by atomic mass is 32.1. The molecule has 2 nitrogen and oxygen atoms in total. The van der Waals surface area contributed by atoms with Gasteiger partial charge in [0, 0.05) is 11.4 Å². The number of halogens is 1. The molecule has 0 amide bonds. The van der Waals surface area contributed by atoms with E-state index in [9.17, 15) is 4.39 Å². The van der Waals surface area contributed by atoms with Crippen molar-refractivity contribution < 1.29 is 4.39 Å². The first-order valence-electron chi connectivity index (χ1n) is 5.70. The van der Waals surface area contributed by atoms with Gasteiger partial charge in [-0.2, -0.15) is 5.26 Å². The number of hydrogen-bond donors (Lipinski definition) is 1. The van der Waals surface area contributed by atoms with Gasteiger partial charge >= 0.3 is 0 Å². The molecule has 1 aromatic carbocycles. The van der Waals surface area contributed by atoms with Gasteiger partial charge in [0.05, 0.1) is 6.07 Å². The number of nitriles is 1. The zero-order valence-electron chi connectivity index (χ0n) is 9.77. The van der Waals surface area contributed by atoms with E-state index in [0.717, 1.165) is 18.5 Å². The highest BCUT2D eigenvalue weighted by Crippen LogP contribution is 2.13. The summed E-state index contributed by atoms with van der Waals surface area (Å²) in [6.45, 7) is 0.732. The second-order valence-corrected chi connectivity index (χ2v) is 4.93. The lowest BCUT2D eigenvalue weighted by atomic mass is 10.1. The molecule has 0 aliphatic heterocycles. The average molecular weight is 260 g/mol. The van der Waals surface area contributed by atoms with Crippen molar-refractivity contribution in [2.75, 3.05) is 6.54 Å². The summed E-state index contributed by atoms with van der Waals surface area (Å²) < 4.78 is 12.8. The van der Waals surface area contributed by atoms with E-state index in [1.165, 1.54) is 17.0 Å². The van der Waals surface area contributed by atoms with Crippen LogP contribution in [-0.2, 0) is 6.42 Å². The summed E-state index contributed by atoms with van der Waals surface area (Å²) in [4.78, 5) is 1.29. The van der Waals surface area contributed by atoms with Gasteiger partial charge in [-0.1, -0.05) is 18.2 Å². The molecule has 1 N–H and O–H groups in total. The Bertz CT molecular complexity index is 514. The third kappa shape index (κ3) is 3.39. The minimum absolute atomic E-state index is 0.283. The fraction of sp³-hybridized carbons (Fsp3) is 0.214. The molecular formula is C14H13FN2S. The number of benzene rings is 1. The minimum atomic E-state index is -0.384. The molecule has 0 saturated carbocycles. The van der Waals surface area contributed by atoms with Gasteiger partial charge in [0.1, 0.15) is 11.9 Å². The van der Waals surface area contributed by atoms with Crippen molar-refractivity contribution in [3.8, 4) is 6.07 Å². The largest absolute Gasteiger partial charge is 0.298 e. The molecule has 18 heavy (non-hydrogen) atoms. The summed E-state index contributed by atoms with van der Waals surface area (Å²) >= 11 is 1.71. The van der Waals surface area contributed by atoms with E-state index in [1.807, 2.05) is 11.4 Å². The predicted molar refractivity (Wildman–Crippen MR) is 70.8 cm³/mol. The molecule has 1 heterocycles. The van der Waals surface area contributed by atoms with Crippen LogP contribution < -0.4 is 5.32 Å². The number of hydrogen-bond acceptors (Lipinski definition) is 3. The number of rotatable bonds is 5. The fourth-order valence-corrected chi connectivity index (χ4v) is 2.40. The van der Waals surface area contributed by atoms with Crippen molar-refractivity contribution in [2.45, 2.75) is 12.5 Å². The second kappa shape index (κ2) is 6.29. The average Bonchev–Trinajstić information content (AvgIpc) is 2.89. The van der Waals surface area contributed by atoms with Crippen molar-refractivity contribution in [1.29, 1.82) is 5.26 Å². The lowest BCUT2D eigenvalue weighted by Gasteiger charge is -2.11. The molecule has 0 fully saturated rings. The highest BCUT2D eigenvalue weighted by Gasteiger charge is 2.09. The van der Waals surface area contributed by atoms with Gasteiger partial charge < -0.3 is 0 Å². The first-order chi connectivity index (χ1) is 8.79. The third-order valence-corrected chi connectivity index (χ3v) is 3.57. The Morgan fingerprint density at radius 2 is 2.06 bits per heavy atom. The Morgan fingerprint density at radius 3 is 2.67 bits per heavy atom. The molecule has 0 bridgehead atoms. The molecule has 2 aromatic rings. The maximum Gasteiger partial charge on any atom is 0.123 e. The van der Waals surface area contributed by atoms with E-state index < -0.39 is 0 Å². The number of nitrogens with one attached hydrogen (secondary N) is 1. The van der Waals surface area contributed by atoms with E-state index in [2.05, 4.69) is 17.5 Å². The Balaban J connectivity index is 1.90. The maximum absolute atomic E-state index is 12.8. The summed E-state index contributed by atoms with van der Waals surface area (Å²) in [6.07, 6.45) is 0.900. The van der Waals surface area contributed by atoms with Crippen molar-refractivity contribution in [1.82, 2.24) is 5.32 Å². The normalized spacial score (nSPS) is 12.0. The molecule has 1 aromatic heterocycles. The lowest BCUT2D eigenvalue weighted by Crippen LogP contribution is -2.22. The Hall–Kier alpha value is -1.70. The first kappa shape index (κ1) is 12.7. The van der Waals surface area contributed by atoms with Gasteiger partial charge in [0.2, 0.25) is 0 Å². The lowest BCUT2D eigenvalue weighted by molar-refractivity contribution is 0.615. The van der Waals surface area contributed by atoms with Crippen LogP contribution >= 0.6 is 11.3 Å². The number of nitrogens with zero attached hydrogens (tertiary/aromatic N) is 1. The minimum Gasteiger partial charge on any atom is -0.298 e. The SMILES string of the molecule is N#CC(NCCc1cccs1)c1ccc(F)cc1. The first-order valence-corrected chi connectivity index (χ1v) is 6.58. The van der Waals surface area contributed by atoms with E-state index >= 15 is 0 Å². The summed E-state index contributed by atoms with van der Waals surface area (Å²) in [5.41, 5.74) is 0.796. The molecular weight excluding hydrogens is 247 g/mol. The van der Waals surface area contributed by atoms with Crippen LogP contribution in [0.25, 0.3) is 0 Å². The predicted octanol–water partition coefficient (Wildman–Crippen LogP) is 3.28. The van der Waals surface area contributed by atoms with Crippen molar-refractivity contribution in [3.05, 3.63) is 58.0 Å². The van der Waals surface area contributed by atoms with Crippen molar-refractivity contribution in [3.63, 3.8) is 0 Å². The second-order valence-electron chi connectivity index (χ2n) is 3.90. The summed E-state index contributed by atoms with van der Waals surface area (Å²) in [6, 6.07) is 11.9. The molecule has 0 aliphatic rings. The van der Waals surface area contributed by atoms with Crippen LogP contribution in [0.15, 0.2) is 41.8 Å². The Kier molecular flexibility index (Phi) is 4.46. The van der Waals surface area contributed by atoms with Crippen LogP contribution in [0, 0.1) is 17.1 Å². The van der Waals surface area contributed by atoms with Gasteiger partial charge in [-0.05, 0) is 35.6 Å². The van der Waals surface area contributed by atoms with E-state index in [-0.39, 0.29) is 11.9 Å². The van der Waals surface area contributed by atoms with Crippen LogP contribution in [0.4, 0.5) is 4.39 Å². The quantitative estimate of drug-likeness (QED) is 0.895. The summed E-state index contributed by atoms with van der Waals surface area (Å²) in [5, 5.41) is 14.3. The smallest absolute Gasteiger partial charge is 0.123 e. The topological polar surface area (TPSA) is 35.8 Å². The Labute approximate surface area is 110 Å². The van der Waals surface area contributed by atoms with Gasteiger partial charge in [-0.25, -0.2) is 4.39 Å². The molecule has 1 atom stereocenters. The highest BCUT2D eigenvalue weighted by molar-refractivity contribution is 7.09. The van der Waals surface area contributed by atoms with E-state index in [1.54, 1.807) is 23.5 Å². The van der Waals surface area contributed by atoms with Crippen molar-refractivity contribution in [2.24, 2.45) is 0 Å². The molecule has 2 rings (SSSR count). The third-order valence-electron chi connectivity index (χ3n) is 2.63. The number of thiophene rings is 1. The summed E-state index contributed by atoms with van der Waals surface area (Å²) in [7, 11) is 0. The monoisotopic (exact) mass is 260 g/mol. The fourth-order valence-electron chi connectivity index (χ4n) is 1.69. The molecule has 0 spiro atoms. The molecule has 0 saturated heterocycles. The van der Waals surface area contributed by atoms with Gasteiger partial charge in [-0.15, -0.1) is 11.3 Å². The van der Waals surface area contributed by atoms with Gasteiger partial charge in [-0.3, -0.25) is 5.32 Å². The standard InChI is InChI=1S/C14H13FN2S/c15-12-5-3-11(4-6-12)14(10-16)17-8-7-13-2-1-9-18-13/h1-6,9,14,17H,7-8H2. The van der Waals surface area contributed by atoms with Gasteiger partial charge in [0.15, 0.2) is 0 Å². The molecule has 0 radical (unpaired) electrons. The van der Waals surface area contributed by atoms with Crippen molar-refractivity contribution >= 4 is 11.3 Å². The van der Waals surface area contributed by atoms with E-state index in [0.29, 0.717) is 0 Å². The van der Waals surface area contributed by atoms with Crippen LogP contribution in [0.1, 0.15) is 16.5 Å². The van der Waals surface area contributed by atoms with Crippen LogP contribution in [0.5, 0.6) is 0 Å². The molecule has 0 aliphatic carbocycles. The molecule has 92 valence electrons. The zero-order valence-corrected chi connectivity index (χ0v) is 10.6. The van der Waals surface area contributed by atoms with Crippen LogP contribution in [0.2, 0.25) is 0 Å². The van der Waals surface area contributed by atoms with E-state index in [4.69, 9.17) is 5.26 Å². The summed E-state index contributed by atoms with van der Waals surface area (Å²) in [5.74, 6) is -0.283. The molecule has 4 heteroatoms.